The van der Waals surface area contributed by atoms with E-state index in [1.54, 1.807) is 18.2 Å². The number of benzene rings is 3. The third kappa shape index (κ3) is 5.61. The van der Waals surface area contributed by atoms with Crippen molar-refractivity contribution in [1.82, 2.24) is 4.90 Å². The molecule has 1 amide bonds. The second kappa shape index (κ2) is 9.77. The summed E-state index contributed by atoms with van der Waals surface area (Å²) in [6, 6.07) is 22.2. The molecule has 2 N–H and O–H groups in total. The summed E-state index contributed by atoms with van der Waals surface area (Å²) in [4.78, 5) is 16.4. The van der Waals surface area contributed by atoms with Crippen LogP contribution in [0.25, 0.3) is 0 Å². The predicted octanol–water partition coefficient (Wildman–Crippen LogP) is 2.65. The average Bonchev–Trinajstić information content (AvgIpc) is 2.82. The number of amides is 1. The minimum Gasteiger partial charge on any atom is -0.328 e. The lowest BCUT2D eigenvalue weighted by Gasteiger charge is -2.32. The molecular weight excluding hydrogens is 434 g/mol. The van der Waals surface area contributed by atoms with E-state index in [9.17, 15) is 13.2 Å². The van der Waals surface area contributed by atoms with Crippen LogP contribution < -0.4 is 9.62 Å². The van der Waals surface area contributed by atoms with Gasteiger partial charge in [0.2, 0.25) is 0 Å². The maximum absolute atomic E-state index is 13.1. The Morgan fingerprint density at radius 1 is 0.939 bits per heavy atom. The van der Waals surface area contributed by atoms with E-state index in [-0.39, 0.29) is 10.8 Å². The molecule has 1 fully saturated rings. The fourth-order valence-electron chi connectivity index (χ4n) is 4.20. The number of rotatable bonds is 6. The largest absolute Gasteiger partial charge is 0.328 e. The van der Waals surface area contributed by atoms with Crippen LogP contribution in [0.15, 0.2) is 77.7 Å². The van der Waals surface area contributed by atoms with Crippen molar-refractivity contribution in [1.29, 1.82) is 0 Å². The van der Waals surface area contributed by atoms with Crippen LogP contribution in [-0.2, 0) is 16.6 Å². The van der Waals surface area contributed by atoms with Crippen LogP contribution in [0.1, 0.15) is 27.0 Å². The first-order valence-electron chi connectivity index (χ1n) is 11.2. The first-order valence-corrected chi connectivity index (χ1v) is 12.7. The molecule has 0 aromatic heterocycles. The number of quaternary nitrogens is 1. The van der Waals surface area contributed by atoms with E-state index in [2.05, 4.69) is 16.9 Å². The van der Waals surface area contributed by atoms with Crippen LogP contribution in [0.3, 0.4) is 0 Å². The van der Waals surface area contributed by atoms with Crippen LogP contribution in [0.5, 0.6) is 0 Å². The first-order chi connectivity index (χ1) is 15.8. The Labute approximate surface area is 195 Å². The molecule has 1 aliphatic rings. The number of sulfonamides is 1. The molecule has 33 heavy (non-hydrogen) atoms. The second-order valence-electron chi connectivity index (χ2n) is 8.66. The molecule has 172 valence electrons. The second-order valence-corrected chi connectivity index (χ2v) is 10.3. The number of carbonyl (C=O) groups is 1. The van der Waals surface area contributed by atoms with Gasteiger partial charge >= 0.3 is 0 Å². The Morgan fingerprint density at radius 3 is 2.36 bits per heavy atom. The van der Waals surface area contributed by atoms with Gasteiger partial charge in [0.05, 0.1) is 36.8 Å². The smallest absolute Gasteiger partial charge is 0.261 e. The molecule has 1 heterocycles. The van der Waals surface area contributed by atoms with Crippen molar-refractivity contribution in [2.24, 2.45) is 0 Å². The van der Waals surface area contributed by atoms with Gasteiger partial charge in [-0.05, 0) is 43.7 Å². The lowest BCUT2D eigenvalue weighted by Crippen LogP contribution is -3.13. The Balaban J connectivity index is 1.42. The highest BCUT2D eigenvalue weighted by molar-refractivity contribution is 7.92. The zero-order valence-electron chi connectivity index (χ0n) is 19.0. The molecule has 1 saturated heterocycles. The van der Waals surface area contributed by atoms with Crippen LogP contribution in [-0.4, -0.2) is 45.4 Å². The SMILES string of the molecule is Cc1ccc(NS(=O)(=O)c2cccc(C(=O)N3CC[NH+](Cc4ccccc4)CC3)c2)c(C)c1. The van der Waals surface area contributed by atoms with E-state index in [1.165, 1.54) is 22.6 Å². The molecule has 0 unspecified atom stereocenters. The number of carbonyl (C=O) groups excluding carboxylic acids is 1. The molecule has 1 aliphatic heterocycles. The maximum atomic E-state index is 13.1. The molecule has 0 radical (unpaired) electrons. The van der Waals surface area contributed by atoms with Crippen molar-refractivity contribution in [3.8, 4) is 0 Å². The molecule has 0 saturated carbocycles. The van der Waals surface area contributed by atoms with Gasteiger partial charge in [0.25, 0.3) is 15.9 Å². The number of hydrogen-bond donors (Lipinski definition) is 2. The minimum absolute atomic E-state index is 0.0849. The van der Waals surface area contributed by atoms with Gasteiger partial charge in [-0.3, -0.25) is 9.52 Å². The molecular formula is C26H30N3O3S+. The molecule has 3 aromatic rings. The van der Waals surface area contributed by atoms with Crippen LogP contribution in [0, 0.1) is 13.8 Å². The van der Waals surface area contributed by atoms with E-state index in [4.69, 9.17) is 0 Å². The summed E-state index contributed by atoms with van der Waals surface area (Å²) in [6.45, 7) is 7.81. The van der Waals surface area contributed by atoms with Gasteiger partial charge < -0.3 is 9.80 Å². The number of piperazine rings is 1. The van der Waals surface area contributed by atoms with Crippen molar-refractivity contribution in [2.45, 2.75) is 25.3 Å². The van der Waals surface area contributed by atoms with Gasteiger partial charge in [-0.25, -0.2) is 8.42 Å². The van der Waals surface area contributed by atoms with Crippen LogP contribution in [0.2, 0.25) is 0 Å². The van der Waals surface area contributed by atoms with Gasteiger partial charge in [-0.1, -0.05) is 54.1 Å². The highest BCUT2D eigenvalue weighted by Crippen LogP contribution is 2.21. The highest BCUT2D eigenvalue weighted by atomic mass is 32.2. The maximum Gasteiger partial charge on any atom is 0.261 e. The number of nitrogens with one attached hydrogen (secondary N) is 2. The van der Waals surface area contributed by atoms with Gasteiger partial charge in [-0.2, -0.15) is 0 Å². The molecule has 3 aromatic carbocycles. The molecule has 0 aliphatic carbocycles. The van der Waals surface area contributed by atoms with E-state index < -0.39 is 10.0 Å². The average molecular weight is 465 g/mol. The standard InChI is InChI=1S/C26H29N3O3S/c1-20-11-12-25(21(2)17-20)27-33(31,32)24-10-6-9-23(18-24)26(30)29-15-13-28(14-16-29)19-22-7-4-3-5-8-22/h3-12,17-18,27H,13-16,19H2,1-2H3/p+1. The van der Waals surface area contributed by atoms with Crippen LogP contribution >= 0.6 is 0 Å². The number of nitrogens with zero attached hydrogens (tertiary/aromatic N) is 1. The molecule has 6 nitrogen and oxygen atoms in total. The topological polar surface area (TPSA) is 70.9 Å². The lowest BCUT2D eigenvalue weighted by atomic mass is 10.1. The van der Waals surface area contributed by atoms with Crippen molar-refractivity contribution < 1.29 is 18.1 Å². The van der Waals surface area contributed by atoms with Gasteiger partial charge in [-0.15, -0.1) is 0 Å². The van der Waals surface area contributed by atoms with Crippen molar-refractivity contribution in [3.05, 3.63) is 95.1 Å². The molecule has 0 bridgehead atoms. The molecule has 4 rings (SSSR count). The van der Waals surface area contributed by atoms with Crippen molar-refractivity contribution in [3.63, 3.8) is 0 Å². The minimum atomic E-state index is -3.80. The van der Waals surface area contributed by atoms with Crippen molar-refractivity contribution >= 4 is 21.6 Å². The summed E-state index contributed by atoms with van der Waals surface area (Å²) >= 11 is 0. The number of hydrogen-bond acceptors (Lipinski definition) is 3. The fraction of sp³-hybridized carbons (Fsp3) is 0.269. The van der Waals surface area contributed by atoms with Gasteiger partial charge in [0.15, 0.2) is 0 Å². The summed E-state index contributed by atoms with van der Waals surface area (Å²) in [5.41, 5.74) is 4.14. The third-order valence-electron chi connectivity index (χ3n) is 6.07. The van der Waals surface area contributed by atoms with Gasteiger partial charge in [0.1, 0.15) is 6.54 Å². The summed E-state index contributed by atoms with van der Waals surface area (Å²) in [6.07, 6.45) is 0. The Morgan fingerprint density at radius 2 is 1.67 bits per heavy atom. The molecule has 7 heteroatoms. The normalized spacial score (nSPS) is 14.8. The summed E-state index contributed by atoms with van der Waals surface area (Å²) in [5.74, 6) is -0.127. The summed E-state index contributed by atoms with van der Waals surface area (Å²) in [7, 11) is -3.80. The number of aryl methyl sites for hydroxylation is 2. The van der Waals surface area contributed by atoms with E-state index >= 15 is 0 Å². The van der Waals surface area contributed by atoms with Gasteiger partial charge in [0, 0.05) is 11.1 Å². The Kier molecular flexibility index (Phi) is 6.81. The van der Waals surface area contributed by atoms with Crippen LogP contribution in [0.4, 0.5) is 5.69 Å². The lowest BCUT2D eigenvalue weighted by molar-refractivity contribution is -0.917. The highest BCUT2D eigenvalue weighted by Gasteiger charge is 2.26. The van der Waals surface area contributed by atoms with Crippen molar-refractivity contribution in [2.75, 3.05) is 30.9 Å². The Bertz CT molecular complexity index is 1230. The summed E-state index contributed by atoms with van der Waals surface area (Å²) in [5, 5.41) is 0. The quantitative estimate of drug-likeness (QED) is 0.589. The summed E-state index contributed by atoms with van der Waals surface area (Å²) < 4.78 is 28.6. The van der Waals surface area contributed by atoms with E-state index in [0.29, 0.717) is 24.3 Å². The third-order valence-corrected chi connectivity index (χ3v) is 7.44. The molecule has 0 spiro atoms. The monoisotopic (exact) mass is 464 g/mol. The fourth-order valence-corrected chi connectivity index (χ4v) is 5.37. The first kappa shape index (κ1) is 23.0. The zero-order chi connectivity index (χ0) is 23.4. The number of anilines is 1. The molecule has 0 atom stereocenters. The predicted molar refractivity (Wildman–Crippen MR) is 130 cm³/mol. The van der Waals surface area contributed by atoms with E-state index in [0.717, 1.165) is 30.8 Å². The Hall–Kier alpha value is -3.16. The van der Waals surface area contributed by atoms with E-state index in [1.807, 2.05) is 49.1 Å². The zero-order valence-corrected chi connectivity index (χ0v) is 19.9.